The van der Waals surface area contributed by atoms with Crippen LogP contribution >= 0.6 is 0 Å². The Balaban J connectivity index is 1.88. The van der Waals surface area contributed by atoms with Crippen LogP contribution in [0.15, 0.2) is 54.6 Å². The van der Waals surface area contributed by atoms with E-state index in [-0.39, 0.29) is 5.78 Å². The Kier molecular flexibility index (Phi) is 3.40. The number of fused-ring (bicyclic) bond motifs is 1. The molecule has 3 aromatic rings. The fraction of sp³-hybridized carbons (Fsp3) is 0.111. The molecule has 3 rings (SSSR count). The molecule has 0 radical (unpaired) electrons. The van der Waals surface area contributed by atoms with Crippen LogP contribution in [0.2, 0.25) is 0 Å². The van der Waals surface area contributed by atoms with Crippen molar-refractivity contribution in [2.45, 2.75) is 6.92 Å². The van der Waals surface area contributed by atoms with Crippen LogP contribution in [0.4, 0.5) is 0 Å². The first-order valence-electron chi connectivity index (χ1n) is 6.85. The zero-order chi connectivity index (χ0) is 14.8. The fourth-order valence-electron chi connectivity index (χ4n) is 2.39. The Morgan fingerprint density at radius 3 is 2.57 bits per heavy atom. The molecule has 104 valence electrons. The molecule has 3 heteroatoms. The Labute approximate surface area is 123 Å². The number of benzene rings is 2. The summed E-state index contributed by atoms with van der Waals surface area (Å²) in [6.07, 6.45) is 3.40. The molecule has 2 aromatic carbocycles. The lowest BCUT2D eigenvalue weighted by Crippen LogP contribution is -1.96. The van der Waals surface area contributed by atoms with E-state index in [1.807, 2.05) is 62.5 Å². The van der Waals surface area contributed by atoms with E-state index in [2.05, 4.69) is 5.10 Å². The van der Waals surface area contributed by atoms with Gasteiger partial charge in [0.25, 0.3) is 0 Å². The van der Waals surface area contributed by atoms with Gasteiger partial charge in [0, 0.05) is 12.6 Å². The van der Waals surface area contributed by atoms with E-state index in [4.69, 9.17) is 0 Å². The van der Waals surface area contributed by atoms with Crippen LogP contribution in [0, 0.1) is 6.92 Å². The largest absolute Gasteiger partial charge is 0.289 e. The number of hydrogen-bond donors (Lipinski definition) is 0. The summed E-state index contributed by atoms with van der Waals surface area (Å²) < 4.78 is 1.76. The number of carbonyl (C=O) groups excluding carboxylic acids is 1. The Morgan fingerprint density at radius 1 is 1.10 bits per heavy atom. The van der Waals surface area contributed by atoms with Gasteiger partial charge in [0.1, 0.15) is 0 Å². The van der Waals surface area contributed by atoms with Crippen LogP contribution in [-0.2, 0) is 7.05 Å². The maximum atomic E-state index is 12.3. The molecular weight excluding hydrogens is 260 g/mol. The molecule has 0 amide bonds. The van der Waals surface area contributed by atoms with Crippen molar-refractivity contribution in [3.63, 3.8) is 0 Å². The zero-order valence-electron chi connectivity index (χ0n) is 12.1. The third-order valence-corrected chi connectivity index (χ3v) is 3.48. The van der Waals surface area contributed by atoms with E-state index in [0.717, 1.165) is 22.2 Å². The molecule has 0 atom stereocenters. The number of carbonyl (C=O) groups is 1. The predicted molar refractivity (Wildman–Crippen MR) is 85.3 cm³/mol. The maximum absolute atomic E-state index is 12.3. The topological polar surface area (TPSA) is 34.9 Å². The first-order valence-corrected chi connectivity index (χ1v) is 6.85. The second-order valence-corrected chi connectivity index (χ2v) is 5.09. The van der Waals surface area contributed by atoms with Gasteiger partial charge in [-0.3, -0.25) is 9.48 Å². The predicted octanol–water partition coefficient (Wildman–Crippen LogP) is 3.78. The molecule has 0 saturated carbocycles. The molecule has 0 spiro atoms. The summed E-state index contributed by atoms with van der Waals surface area (Å²) in [5.41, 5.74) is 2.56. The van der Waals surface area contributed by atoms with Crippen molar-refractivity contribution in [3.8, 4) is 0 Å². The maximum Gasteiger partial charge on any atom is 0.185 e. The third kappa shape index (κ3) is 2.77. The van der Waals surface area contributed by atoms with Crippen molar-refractivity contribution in [2.75, 3.05) is 0 Å². The van der Waals surface area contributed by atoms with Crippen molar-refractivity contribution in [1.82, 2.24) is 9.78 Å². The molecule has 0 aliphatic heterocycles. The second-order valence-electron chi connectivity index (χ2n) is 5.09. The number of ketones is 1. The van der Waals surface area contributed by atoms with Gasteiger partial charge in [-0.1, -0.05) is 36.4 Å². The molecule has 0 bridgehead atoms. The molecule has 1 aromatic heterocycles. The molecule has 21 heavy (non-hydrogen) atoms. The lowest BCUT2D eigenvalue weighted by atomic mass is 10.0. The standard InChI is InChI=1S/C18H16N2O/c1-13-11-17(20(2)19-13)9-10-18(21)16-8-7-14-5-3-4-6-15(14)12-16/h3-12H,1-2H3/b10-9+. The van der Waals surface area contributed by atoms with E-state index < -0.39 is 0 Å². The number of aromatic nitrogens is 2. The van der Waals surface area contributed by atoms with Crippen molar-refractivity contribution in [2.24, 2.45) is 7.05 Å². The number of hydrogen-bond acceptors (Lipinski definition) is 2. The fourth-order valence-corrected chi connectivity index (χ4v) is 2.39. The third-order valence-electron chi connectivity index (χ3n) is 3.48. The molecule has 0 unspecified atom stereocenters. The highest BCUT2D eigenvalue weighted by atomic mass is 16.1. The van der Waals surface area contributed by atoms with E-state index in [1.165, 1.54) is 0 Å². The summed E-state index contributed by atoms with van der Waals surface area (Å²) >= 11 is 0. The summed E-state index contributed by atoms with van der Waals surface area (Å²) in [7, 11) is 1.87. The van der Waals surface area contributed by atoms with Crippen LogP contribution < -0.4 is 0 Å². The van der Waals surface area contributed by atoms with Crippen LogP contribution in [0.3, 0.4) is 0 Å². The Bertz CT molecular complexity index is 843. The van der Waals surface area contributed by atoms with Gasteiger partial charge in [-0.25, -0.2) is 0 Å². The van der Waals surface area contributed by atoms with Crippen LogP contribution in [0.5, 0.6) is 0 Å². The van der Waals surface area contributed by atoms with Crippen LogP contribution in [-0.4, -0.2) is 15.6 Å². The van der Waals surface area contributed by atoms with Gasteiger partial charge in [-0.05, 0) is 42.0 Å². The molecular formula is C18H16N2O. The number of allylic oxidation sites excluding steroid dienone is 1. The summed E-state index contributed by atoms with van der Waals surface area (Å²) in [6.45, 7) is 1.93. The lowest BCUT2D eigenvalue weighted by molar-refractivity contribution is 0.104. The normalized spacial score (nSPS) is 11.3. The monoisotopic (exact) mass is 276 g/mol. The van der Waals surface area contributed by atoms with E-state index in [9.17, 15) is 4.79 Å². The smallest absolute Gasteiger partial charge is 0.185 e. The second kappa shape index (κ2) is 5.37. The van der Waals surface area contributed by atoms with Gasteiger partial charge in [0.2, 0.25) is 0 Å². The van der Waals surface area contributed by atoms with E-state index >= 15 is 0 Å². The Morgan fingerprint density at radius 2 is 1.86 bits per heavy atom. The minimum Gasteiger partial charge on any atom is -0.289 e. The van der Waals surface area contributed by atoms with Crippen molar-refractivity contribution < 1.29 is 4.79 Å². The summed E-state index contributed by atoms with van der Waals surface area (Å²) in [5, 5.41) is 6.47. The quantitative estimate of drug-likeness (QED) is 0.539. The van der Waals surface area contributed by atoms with Gasteiger partial charge < -0.3 is 0 Å². The van der Waals surface area contributed by atoms with Gasteiger partial charge in [0.05, 0.1) is 11.4 Å². The molecule has 0 aliphatic rings. The minimum atomic E-state index is -0.000365. The SMILES string of the molecule is Cc1cc(/C=C/C(=O)c2ccc3ccccc3c2)n(C)n1. The molecule has 1 heterocycles. The molecule has 0 saturated heterocycles. The number of nitrogens with zero attached hydrogens (tertiary/aromatic N) is 2. The molecule has 0 N–H and O–H groups in total. The lowest BCUT2D eigenvalue weighted by Gasteiger charge is -2.00. The van der Waals surface area contributed by atoms with Gasteiger partial charge >= 0.3 is 0 Å². The number of rotatable bonds is 3. The highest BCUT2D eigenvalue weighted by molar-refractivity contribution is 6.08. The first-order chi connectivity index (χ1) is 10.1. The van der Waals surface area contributed by atoms with Crippen LogP contribution in [0.25, 0.3) is 16.8 Å². The zero-order valence-corrected chi connectivity index (χ0v) is 12.1. The Hall–Kier alpha value is -2.68. The summed E-state index contributed by atoms with van der Waals surface area (Å²) in [4.78, 5) is 12.3. The van der Waals surface area contributed by atoms with Gasteiger partial charge in [-0.2, -0.15) is 5.10 Å². The van der Waals surface area contributed by atoms with Crippen molar-refractivity contribution >= 4 is 22.6 Å². The first kappa shape index (κ1) is 13.3. The summed E-state index contributed by atoms with van der Waals surface area (Å²) in [5.74, 6) is -0.000365. The van der Waals surface area contributed by atoms with E-state index in [1.54, 1.807) is 16.8 Å². The van der Waals surface area contributed by atoms with Gasteiger partial charge in [-0.15, -0.1) is 0 Å². The molecule has 0 fully saturated rings. The van der Waals surface area contributed by atoms with Gasteiger partial charge in [0.15, 0.2) is 5.78 Å². The minimum absolute atomic E-state index is 0.000365. The molecule has 0 aliphatic carbocycles. The highest BCUT2D eigenvalue weighted by Crippen LogP contribution is 2.16. The van der Waals surface area contributed by atoms with Crippen molar-refractivity contribution in [3.05, 3.63) is 71.6 Å². The highest BCUT2D eigenvalue weighted by Gasteiger charge is 2.04. The average Bonchev–Trinajstić information content (AvgIpc) is 2.82. The molecule has 3 nitrogen and oxygen atoms in total. The summed E-state index contributed by atoms with van der Waals surface area (Å²) in [6, 6.07) is 15.7. The number of aryl methyl sites for hydroxylation is 2. The van der Waals surface area contributed by atoms with Crippen LogP contribution in [0.1, 0.15) is 21.7 Å². The average molecular weight is 276 g/mol. The van der Waals surface area contributed by atoms with Crippen molar-refractivity contribution in [1.29, 1.82) is 0 Å². The van der Waals surface area contributed by atoms with E-state index in [0.29, 0.717) is 5.56 Å².